The summed E-state index contributed by atoms with van der Waals surface area (Å²) in [5.74, 6) is 1.36. The molecule has 1 aromatic rings. The Morgan fingerprint density at radius 3 is 0.833 bits per heavy atom. The molecule has 0 saturated heterocycles. The zero-order valence-corrected chi connectivity index (χ0v) is 47.5. The summed E-state index contributed by atoms with van der Waals surface area (Å²) in [4.78, 5) is 41.8. The lowest BCUT2D eigenvalue weighted by molar-refractivity contribution is 0.135. The predicted molar refractivity (Wildman–Crippen MR) is 293 cm³/mol. The summed E-state index contributed by atoms with van der Waals surface area (Å²) in [6, 6.07) is 0. The number of allylic oxidation sites excluding steroid dienone is 12. The summed E-state index contributed by atoms with van der Waals surface area (Å²) in [6.07, 6.45) is 20.5. The molecular weight excluding hydrogens is 907 g/mol. The molecule has 3 atom stereocenters. The smallest absolute Gasteiger partial charge is 0.336 e. The van der Waals surface area contributed by atoms with Crippen molar-refractivity contribution in [1.29, 1.82) is 0 Å². The Morgan fingerprint density at radius 2 is 0.639 bits per heavy atom. The average molecular weight is 1000 g/mol. The van der Waals surface area contributed by atoms with Crippen LogP contribution in [0.25, 0.3) is 0 Å². The van der Waals surface area contributed by atoms with Gasteiger partial charge in [0, 0.05) is 0 Å². The fraction of sp³-hybridized carbons (Fsp3) is 0.650. The summed E-state index contributed by atoms with van der Waals surface area (Å²) in [5, 5.41) is 33.6. The highest BCUT2D eigenvalue weighted by Gasteiger charge is 2.36. The number of rotatable bonds is 18. The fourth-order valence-corrected chi connectivity index (χ4v) is 9.58. The first-order chi connectivity index (χ1) is 33.0. The molecule has 0 radical (unpaired) electrons. The lowest BCUT2D eigenvalue weighted by Gasteiger charge is -2.35. The summed E-state index contributed by atoms with van der Waals surface area (Å²) in [7, 11) is 0. The highest BCUT2D eigenvalue weighted by molar-refractivity contribution is 5.43. The first-order valence-corrected chi connectivity index (χ1v) is 26.2. The third-order valence-corrected chi connectivity index (χ3v) is 13.8. The van der Waals surface area contributed by atoms with Crippen LogP contribution in [0.2, 0.25) is 0 Å². The zero-order chi connectivity index (χ0) is 54.4. The van der Waals surface area contributed by atoms with Crippen molar-refractivity contribution in [3.8, 4) is 0 Å². The largest absolute Gasteiger partial charge is 0.508 e. The second-order valence-electron chi connectivity index (χ2n) is 26.1. The molecule has 4 rings (SSSR count). The minimum Gasteiger partial charge on any atom is -0.508 e. The number of aliphatic hydroxyl groups is 3. The summed E-state index contributed by atoms with van der Waals surface area (Å²) < 4.78 is 21.0. The summed E-state index contributed by atoms with van der Waals surface area (Å²) >= 11 is 0. The van der Waals surface area contributed by atoms with Gasteiger partial charge in [0.05, 0.1) is 59.3 Å². The van der Waals surface area contributed by atoms with E-state index in [9.17, 15) is 29.7 Å². The standard InChI is InChI=1S/C60H93N3O9/c1-55(2,3)43-34-40(35-44(49(43)64)56(4,5)6)22-19-28-70-31-25-61-52(67)62(26-32-71-29-20-23-41-36-45(57(7,8)9)50(65)46(37-41)58(10,11)12)54(69)63(53(61)68)27-33-72-30-21-24-42-38-47(59(13,14)15)51(66)48(39-42)60(16,17)18/h19-24,34,36,38,40-42,64-66H,25-33,35,37,39H2,1-18H3. The minimum atomic E-state index is -0.736. The van der Waals surface area contributed by atoms with Crippen molar-refractivity contribution in [2.45, 2.75) is 164 Å². The van der Waals surface area contributed by atoms with Crippen LogP contribution in [0, 0.1) is 50.2 Å². The normalized spacial score (nSPS) is 20.4. The Kier molecular flexibility index (Phi) is 19.7. The van der Waals surface area contributed by atoms with Gasteiger partial charge in [0.2, 0.25) is 0 Å². The van der Waals surface area contributed by atoms with Crippen molar-refractivity contribution >= 4 is 0 Å². The van der Waals surface area contributed by atoms with Crippen molar-refractivity contribution < 1.29 is 29.5 Å². The monoisotopic (exact) mass is 1000 g/mol. The van der Waals surface area contributed by atoms with E-state index in [0.29, 0.717) is 36.5 Å². The Morgan fingerprint density at radius 1 is 0.417 bits per heavy atom. The van der Waals surface area contributed by atoms with E-state index < -0.39 is 17.1 Å². The van der Waals surface area contributed by atoms with Gasteiger partial charge in [-0.2, -0.15) is 0 Å². The molecular formula is C60H93N3O9. The molecule has 3 aliphatic carbocycles. The van der Waals surface area contributed by atoms with Crippen LogP contribution in [0.4, 0.5) is 0 Å². The molecule has 3 unspecified atom stereocenters. The Labute approximate surface area is 432 Å². The van der Waals surface area contributed by atoms with Crippen molar-refractivity contribution in [2.24, 2.45) is 50.2 Å². The van der Waals surface area contributed by atoms with Crippen molar-refractivity contribution in [3.63, 3.8) is 0 Å². The summed E-state index contributed by atoms with van der Waals surface area (Å²) in [6.45, 7) is 38.5. The maximum absolute atomic E-state index is 13.9. The molecule has 0 aliphatic heterocycles. The average Bonchev–Trinajstić information content (AvgIpc) is 3.23. The molecule has 0 spiro atoms. The molecule has 3 N–H and O–H groups in total. The first kappa shape index (κ1) is 59.9. The van der Waals surface area contributed by atoms with Gasteiger partial charge < -0.3 is 29.5 Å². The molecule has 3 aliphatic rings. The molecule has 0 amide bonds. The second kappa shape index (κ2) is 23.7. The van der Waals surface area contributed by atoms with Crippen LogP contribution in [0.5, 0.6) is 0 Å². The molecule has 12 heteroatoms. The highest BCUT2D eigenvalue weighted by Crippen LogP contribution is 2.47. The van der Waals surface area contributed by atoms with Crippen LogP contribution in [-0.2, 0) is 33.8 Å². The predicted octanol–water partition coefficient (Wildman–Crippen LogP) is 12.4. The number of hydrogen-bond acceptors (Lipinski definition) is 9. The van der Waals surface area contributed by atoms with Gasteiger partial charge in [-0.25, -0.2) is 28.1 Å². The van der Waals surface area contributed by atoms with Crippen LogP contribution >= 0.6 is 0 Å². The molecule has 1 aromatic heterocycles. The number of ether oxygens (including phenoxy) is 3. The van der Waals surface area contributed by atoms with Crippen molar-refractivity contribution in [3.05, 3.63) is 137 Å². The first-order valence-electron chi connectivity index (χ1n) is 26.2. The van der Waals surface area contributed by atoms with E-state index in [-0.39, 0.29) is 110 Å². The van der Waals surface area contributed by atoms with Crippen LogP contribution in [0.1, 0.15) is 144 Å². The zero-order valence-electron chi connectivity index (χ0n) is 47.5. The van der Waals surface area contributed by atoms with Crippen LogP contribution in [0.15, 0.2) is 120 Å². The molecule has 72 heavy (non-hydrogen) atoms. The molecule has 1 heterocycles. The second-order valence-corrected chi connectivity index (χ2v) is 26.1. The molecule has 402 valence electrons. The van der Waals surface area contributed by atoms with E-state index in [0.717, 1.165) is 47.1 Å². The minimum absolute atomic E-state index is 0.0504. The summed E-state index contributed by atoms with van der Waals surface area (Å²) in [5.41, 5.74) is 2.30. The van der Waals surface area contributed by atoms with Gasteiger partial charge in [0.25, 0.3) is 0 Å². The molecule has 0 fully saturated rings. The maximum Gasteiger partial charge on any atom is 0.336 e. The van der Waals surface area contributed by atoms with Gasteiger partial charge in [-0.1, -0.05) is 179 Å². The van der Waals surface area contributed by atoms with Crippen molar-refractivity contribution in [2.75, 3.05) is 39.6 Å². The Hall–Kier alpha value is -4.65. The molecule has 0 saturated carbocycles. The number of nitrogens with zero attached hydrogens (tertiary/aromatic N) is 3. The highest BCUT2D eigenvalue weighted by atomic mass is 16.5. The van der Waals surface area contributed by atoms with E-state index in [1.54, 1.807) is 0 Å². The maximum atomic E-state index is 13.9. The number of aliphatic hydroxyl groups excluding tert-OH is 3. The Bertz CT molecular complexity index is 2240. The van der Waals surface area contributed by atoms with Gasteiger partial charge >= 0.3 is 17.1 Å². The van der Waals surface area contributed by atoms with E-state index in [2.05, 4.69) is 161 Å². The third-order valence-electron chi connectivity index (χ3n) is 13.8. The van der Waals surface area contributed by atoms with Crippen LogP contribution in [0.3, 0.4) is 0 Å². The topological polar surface area (TPSA) is 154 Å². The van der Waals surface area contributed by atoms with Gasteiger partial charge in [-0.05, 0) is 103 Å². The lowest BCUT2D eigenvalue weighted by atomic mass is 9.71. The van der Waals surface area contributed by atoms with Gasteiger partial charge in [0.1, 0.15) is 17.3 Å². The Balaban J connectivity index is 1.48. The molecule has 0 bridgehead atoms. The van der Waals surface area contributed by atoms with Gasteiger partial charge in [-0.15, -0.1) is 0 Å². The van der Waals surface area contributed by atoms with E-state index in [4.69, 9.17) is 14.2 Å². The van der Waals surface area contributed by atoms with E-state index >= 15 is 0 Å². The van der Waals surface area contributed by atoms with Crippen LogP contribution < -0.4 is 17.1 Å². The molecule has 0 aromatic carbocycles. The van der Waals surface area contributed by atoms with Crippen molar-refractivity contribution in [1.82, 2.24) is 13.7 Å². The van der Waals surface area contributed by atoms with Crippen LogP contribution in [-0.4, -0.2) is 68.7 Å². The molecule has 12 nitrogen and oxygen atoms in total. The quantitative estimate of drug-likeness (QED) is 0.0963. The number of aromatic nitrogens is 3. The van der Waals surface area contributed by atoms with E-state index in [1.807, 2.05) is 18.2 Å². The van der Waals surface area contributed by atoms with E-state index in [1.165, 1.54) is 0 Å². The SMILES string of the molecule is CC(C)(C)C1=CC(C=CCOCCn2c(=O)n(CCOCC=CC3C=C(C(C)(C)C)C(O)=C(C(C)(C)C)C3)c(=O)n(CCOCC=CC3C=C(C(C)(C)C)C(O)=C(C(C)(C)C)C3)c2=O)CC(C(C)(C)C)=C1O. The number of hydrogen-bond donors (Lipinski definition) is 3. The lowest BCUT2D eigenvalue weighted by Crippen LogP contribution is -2.55. The van der Waals surface area contributed by atoms with Gasteiger partial charge in [-0.3, -0.25) is 0 Å². The third kappa shape index (κ3) is 15.9. The van der Waals surface area contributed by atoms with Gasteiger partial charge in [0.15, 0.2) is 0 Å². The fourth-order valence-electron chi connectivity index (χ4n) is 9.58.